The average molecular weight is 332 g/mol. The minimum absolute atomic E-state index is 0.189. The van der Waals surface area contributed by atoms with Crippen molar-refractivity contribution in [3.05, 3.63) is 28.8 Å². The molecule has 1 aromatic carbocycles. The Balaban J connectivity index is 2.02. The number of nitrogens with zero attached hydrogens (tertiary/aromatic N) is 3. The highest BCUT2D eigenvalue weighted by atomic mass is 35.5. The van der Waals surface area contributed by atoms with E-state index in [4.69, 9.17) is 21.6 Å². The first-order valence-electron chi connectivity index (χ1n) is 7.53. The Labute approximate surface area is 141 Å². The summed E-state index contributed by atoms with van der Waals surface area (Å²) in [6, 6.07) is 8.92. The molecule has 1 aliphatic rings. The van der Waals surface area contributed by atoms with Crippen LogP contribution in [0.3, 0.4) is 0 Å². The number of rotatable bonds is 4. The Hall–Kier alpha value is -2.24. The van der Waals surface area contributed by atoms with Gasteiger partial charge in [0, 0.05) is 7.05 Å². The highest BCUT2D eigenvalue weighted by Crippen LogP contribution is 2.32. The Morgan fingerprint density at radius 3 is 2.61 bits per heavy atom. The van der Waals surface area contributed by atoms with Gasteiger partial charge in [0.15, 0.2) is 6.61 Å². The molecule has 0 bridgehead atoms. The van der Waals surface area contributed by atoms with E-state index in [0.717, 1.165) is 19.3 Å². The Morgan fingerprint density at radius 2 is 2.04 bits per heavy atom. The highest BCUT2D eigenvalue weighted by molar-refractivity contribution is 6.32. The van der Waals surface area contributed by atoms with Crippen LogP contribution in [-0.4, -0.2) is 30.0 Å². The number of ether oxygens (including phenoxy) is 1. The standard InChI is InChI=1S/C17H18ClN3O2/c1-21(17(12-20)7-3-2-4-8-17)16(22)11-23-15-6-5-13(10-19)9-14(15)18/h5-6,9H,2-4,7-8,11H2,1H3. The summed E-state index contributed by atoms with van der Waals surface area (Å²) in [5.74, 6) is 0.0935. The van der Waals surface area contributed by atoms with Crippen LogP contribution >= 0.6 is 11.6 Å². The van der Waals surface area contributed by atoms with Gasteiger partial charge in [-0.25, -0.2) is 0 Å². The molecule has 1 aromatic rings. The normalized spacial score (nSPS) is 16.0. The summed E-state index contributed by atoms with van der Waals surface area (Å²) in [6.45, 7) is -0.189. The average Bonchev–Trinajstić information content (AvgIpc) is 2.60. The molecule has 0 radical (unpaired) electrons. The predicted molar refractivity (Wildman–Crippen MR) is 85.9 cm³/mol. The van der Waals surface area contributed by atoms with Crippen molar-refractivity contribution in [3.8, 4) is 17.9 Å². The molecule has 0 saturated heterocycles. The second kappa shape index (κ2) is 7.35. The van der Waals surface area contributed by atoms with Crippen molar-refractivity contribution in [2.75, 3.05) is 13.7 Å². The summed E-state index contributed by atoms with van der Waals surface area (Å²) < 4.78 is 5.46. The van der Waals surface area contributed by atoms with Crippen LogP contribution in [0.5, 0.6) is 5.75 Å². The van der Waals surface area contributed by atoms with Gasteiger partial charge in [0.25, 0.3) is 5.91 Å². The minimum atomic E-state index is -0.729. The van der Waals surface area contributed by atoms with Crippen molar-refractivity contribution in [2.45, 2.75) is 37.6 Å². The second-order valence-corrected chi connectivity index (χ2v) is 6.11. The maximum absolute atomic E-state index is 12.4. The van der Waals surface area contributed by atoms with Crippen molar-refractivity contribution in [1.82, 2.24) is 4.90 Å². The van der Waals surface area contributed by atoms with Gasteiger partial charge >= 0.3 is 0 Å². The lowest BCUT2D eigenvalue weighted by molar-refractivity contribution is -0.137. The van der Waals surface area contributed by atoms with Crippen LogP contribution in [-0.2, 0) is 4.79 Å². The first-order chi connectivity index (χ1) is 11.0. The third-order valence-electron chi connectivity index (χ3n) is 4.32. The Kier molecular flexibility index (Phi) is 5.47. The topological polar surface area (TPSA) is 77.1 Å². The molecule has 23 heavy (non-hydrogen) atoms. The molecule has 2 rings (SSSR count). The molecule has 0 atom stereocenters. The molecule has 1 saturated carbocycles. The molecular weight excluding hydrogens is 314 g/mol. The Morgan fingerprint density at radius 1 is 1.35 bits per heavy atom. The predicted octanol–water partition coefficient (Wildman–Crippen LogP) is 3.28. The summed E-state index contributed by atoms with van der Waals surface area (Å²) in [4.78, 5) is 13.9. The largest absolute Gasteiger partial charge is 0.482 e. The minimum Gasteiger partial charge on any atom is -0.482 e. The number of hydrogen-bond donors (Lipinski definition) is 0. The van der Waals surface area contributed by atoms with Crippen LogP contribution in [0.25, 0.3) is 0 Å². The van der Waals surface area contributed by atoms with Gasteiger partial charge < -0.3 is 9.64 Å². The lowest BCUT2D eigenvalue weighted by Gasteiger charge is -2.38. The van der Waals surface area contributed by atoms with Gasteiger partial charge in [-0.05, 0) is 31.0 Å². The SMILES string of the molecule is CN(C(=O)COc1ccc(C#N)cc1Cl)C1(C#N)CCCCC1. The highest BCUT2D eigenvalue weighted by Gasteiger charge is 2.38. The maximum atomic E-state index is 12.4. The van der Waals surface area contributed by atoms with Crippen molar-refractivity contribution >= 4 is 17.5 Å². The van der Waals surface area contributed by atoms with Crippen LogP contribution in [0, 0.1) is 22.7 Å². The molecule has 0 heterocycles. The second-order valence-electron chi connectivity index (χ2n) is 5.70. The summed E-state index contributed by atoms with van der Waals surface area (Å²) >= 11 is 6.02. The summed E-state index contributed by atoms with van der Waals surface area (Å²) in [5, 5.41) is 18.6. The van der Waals surface area contributed by atoms with Crippen LogP contribution in [0.2, 0.25) is 5.02 Å². The Bertz CT molecular complexity index is 669. The molecule has 5 nitrogen and oxygen atoms in total. The van der Waals surface area contributed by atoms with Gasteiger partial charge in [-0.1, -0.05) is 30.9 Å². The molecule has 0 unspecified atom stereocenters. The van der Waals surface area contributed by atoms with Gasteiger partial charge in [0.2, 0.25) is 0 Å². The molecule has 0 aliphatic heterocycles. The number of carbonyl (C=O) groups is 1. The van der Waals surface area contributed by atoms with E-state index in [0.29, 0.717) is 24.2 Å². The summed E-state index contributed by atoms with van der Waals surface area (Å²) in [7, 11) is 1.65. The van der Waals surface area contributed by atoms with Crippen LogP contribution in [0.1, 0.15) is 37.7 Å². The molecule has 1 aliphatic carbocycles. The first-order valence-corrected chi connectivity index (χ1v) is 7.90. The van der Waals surface area contributed by atoms with Gasteiger partial charge in [0.05, 0.1) is 22.7 Å². The van der Waals surface area contributed by atoms with Gasteiger partial charge in [-0.2, -0.15) is 10.5 Å². The summed E-state index contributed by atoms with van der Waals surface area (Å²) in [6.07, 6.45) is 4.40. The van der Waals surface area contributed by atoms with Crippen LogP contribution < -0.4 is 4.74 Å². The number of likely N-dealkylation sites (N-methyl/N-ethyl adjacent to an activating group) is 1. The van der Waals surface area contributed by atoms with E-state index >= 15 is 0 Å². The maximum Gasteiger partial charge on any atom is 0.261 e. The third kappa shape index (κ3) is 3.75. The summed E-state index contributed by atoms with van der Waals surface area (Å²) in [5.41, 5.74) is -0.302. The van der Waals surface area contributed by atoms with Gasteiger partial charge in [0.1, 0.15) is 11.3 Å². The zero-order valence-electron chi connectivity index (χ0n) is 13.0. The number of nitriles is 2. The number of carbonyl (C=O) groups excluding carboxylic acids is 1. The zero-order valence-corrected chi connectivity index (χ0v) is 13.8. The lowest BCUT2D eigenvalue weighted by Crippen LogP contribution is -2.51. The number of halogens is 1. The van der Waals surface area contributed by atoms with E-state index in [1.165, 1.54) is 11.0 Å². The van der Waals surface area contributed by atoms with E-state index in [-0.39, 0.29) is 17.5 Å². The fourth-order valence-electron chi connectivity index (χ4n) is 2.82. The molecule has 6 heteroatoms. The molecule has 120 valence electrons. The van der Waals surface area contributed by atoms with E-state index in [1.54, 1.807) is 19.2 Å². The van der Waals surface area contributed by atoms with Crippen molar-refractivity contribution in [3.63, 3.8) is 0 Å². The molecule has 0 aromatic heterocycles. The molecule has 1 fully saturated rings. The third-order valence-corrected chi connectivity index (χ3v) is 4.61. The fourth-order valence-corrected chi connectivity index (χ4v) is 3.06. The molecular formula is C17H18ClN3O2. The quantitative estimate of drug-likeness (QED) is 0.848. The zero-order chi connectivity index (χ0) is 16.9. The smallest absolute Gasteiger partial charge is 0.261 e. The van der Waals surface area contributed by atoms with E-state index in [2.05, 4.69) is 6.07 Å². The fraction of sp³-hybridized carbons (Fsp3) is 0.471. The molecule has 0 spiro atoms. The number of hydrogen-bond acceptors (Lipinski definition) is 4. The van der Waals surface area contributed by atoms with E-state index < -0.39 is 5.54 Å². The molecule has 0 N–H and O–H groups in total. The number of benzene rings is 1. The monoisotopic (exact) mass is 331 g/mol. The van der Waals surface area contributed by atoms with Crippen LogP contribution in [0.15, 0.2) is 18.2 Å². The van der Waals surface area contributed by atoms with Gasteiger partial charge in [-0.15, -0.1) is 0 Å². The van der Waals surface area contributed by atoms with E-state index in [9.17, 15) is 10.1 Å². The van der Waals surface area contributed by atoms with Crippen molar-refractivity contribution in [1.29, 1.82) is 10.5 Å². The van der Waals surface area contributed by atoms with Gasteiger partial charge in [-0.3, -0.25) is 4.79 Å². The van der Waals surface area contributed by atoms with Crippen molar-refractivity contribution in [2.24, 2.45) is 0 Å². The van der Waals surface area contributed by atoms with E-state index in [1.807, 2.05) is 6.07 Å². The first kappa shape index (κ1) is 17.1. The van der Waals surface area contributed by atoms with Crippen molar-refractivity contribution < 1.29 is 9.53 Å². The van der Waals surface area contributed by atoms with Crippen LogP contribution in [0.4, 0.5) is 0 Å². The molecule has 1 amide bonds. The number of amides is 1. The lowest BCUT2D eigenvalue weighted by atomic mass is 9.81.